The van der Waals surface area contributed by atoms with Gasteiger partial charge >= 0.3 is 11.7 Å². The molecule has 124 valence electrons. The van der Waals surface area contributed by atoms with E-state index >= 15 is 0 Å². The Labute approximate surface area is 132 Å². The lowest BCUT2D eigenvalue weighted by Crippen LogP contribution is -2.43. The van der Waals surface area contributed by atoms with Crippen molar-refractivity contribution in [2.45, 2.75) is 38.0 Å². The van der Waals surface area contributed by atoms with Gasteiger partial charge in [0.2, 0.25) is 5.91 Å². The molecule has 0 atom stereocenters. The summed E-state index contributed by atoms with van der Waals surface area (Å²) in [5, 5.41) is 11.4. The van der Waals surface area contributed by atoms with Gasteiger partial charge in [0, 0.05) is 26.3 Å². The maximum atomic E-state index is 11.6. The number of carbonyl (C=O) groups is 2. The number of ether oxygens (including phenoxy) is 1. The third-order valence-corrected chi connectivity index (χ3v) is 3.43. The Bertz CT molecular complexity index is 554. The molecule has 0 aliphatic heterocycles. The monoisotopic (exact) mass is 331 g/mol. The lowest BCUT2D eigenvalue weighted by atomic mass is 10.4. The number of imide groups is 1. The second-order valence-corrected chi connectivity index (χ2v) is 5.72. The normalized spacial score (nSPS) is 10.7. The van der Waals surface area contributed by atoms with Gasteiger partial charge < -0.3 is 10.1 Å². The van der Waals surface area contributed by atoms with Crippen molar-refractivity contribution < 1.29 is 14.3 Å². The number of hydrogen-bond acceptors (Lipinski definition) is 6. The lowest BCUT2D eigenvalue weighted by Gasteiger charge is -2.09. The van der Waals surface area contributed by atoms with E-state index in [4.69, 9.17) is 4.74 Å². The van der Waals surface area contributed by atoms with Crippen LogP contribution in [-0.4, -0.2) is 52.2 Å². The minimum atomic E-state index is -0.542. The van der Waals surface area contributed by atoms with Crippen LogP contribution in [0.15, 0.2) is 9.95 Å². The Kier molecular flexibility index (Phi) is 7.67. The number of aromatic nitrogens is 3. The molecule has 0 saturated carbocycles. The molecule has 0 saturated heterocycles. The van der Waals surface area contributed by atoms with Gasteiger partial charge in [-0.05, 0) is 20.3 Å². The number of carbonyl (C=O) groups excluding carboxylic acids is 2. The fourth-order valence-corrected chi connectivity index (χ4v) is 2.34. The van der Waals surface area contributed by atoms with Gasteiger partial charge in [0.05, 0.1) is 5.75 Å². The van der Waals surface area contributed by atoms with Crippen LogP contribution in [0.2, 0.25) is 0 Å². The van der Waals surface area contributed by atoms with Crippen molar-refractivity contribution >= 4 is 23.7 Å². The van der Waals surface area contributed by atoms with E-state index < -0.39 is 11.9 Å². The first-order valence-electron chi connectivity index (χ1n) is 6.81. The van der Waals surface area contributed by atoms with Gasteiger partial charge in [0.1, 0.15) is 0 Å². The zero-order valence-corrected chi connectivity index (χ0v) is 13.7. The number of amides is 3. The number of urea groups is 1. The molecule has 22 heavy (non-hydrogen) atoms. The van der Waals surface area contributed by atoms with Gasteiger partial charge in [-0.1, -0.05) is 11.8 Å². The highest BCUT2D eigenvalue weighted by atomic mass is 32.2. The Hall–Kier alpha value is -1.81. The van der Waals surface area contributed by atoms with Crippen LogP contribution in [0, 0.1) is 0 Å². The summed E-state index contributed by atoms with van der Waals surface area (Å²) in [6.07, 6.45) is 0.659. The fourth-order valence-electron chi connectivity index (χ4n) is 1.57. The molecular formula is C12H21N5O4S. The summed E-state index contributed by atoms with van der Waals surface area (Å²) < 4.78 is 6.37. The minimum Gasteiger partial charge on any atom is -0.385 e. The van der Waals surface area contributed by atoms with E-state index in [1.165, 1.54) is 4.57 Å². The molecule has 0 aliphatic carbocycles. The minimum absolute atomic E-state index is 0.0138. The van der Waals surface area contributed by atoms with E-state index in [0.717, 1.165) is 11.8 Å². The maximum absolute atomic E-state index is 11.6. The number of hydrogen-bond donors (Lipinski definition) is 3. The van der Waals surface area contributed by atoms with Crippen LogP contribution >= 0.6 is 11.8 Å². The highest BCUT2D eigenvalue weighted by Crippen LogP contribution is 2.12. The first kappa shape index (κ1) is 18.2. The number of nitrogens with zero attached hydrogens (tertiary/aromatic N) is 2. The van der Waals surface area contributed by atoms with Crippen molar-refractivity contribution in [1.82, 2.24) is 25.4 Å². The number of methoxy groups -OCH3 is 1. The van der Waals surface area contributed by atoms with Gasteiger partial charge in [-0.3, -0.25) is 14.7 Å². The van der Waals surface area contributed by atoms with Crippen LogP contribution in [0.25, 0.3) is 0 Å². The molecule has 0 aliphatic rings. The van der Waals surface area contributed by atoms with Crippen LogP contribution in [-0.2, 0) is 16.1 Å². The summed E-state index contributed by atoms with van der Waals surface area (Å²) in [6, 6.07) is -0.599. The average Bonchev–Trinajstić information content (AvgIpc) is 2.77. The van der Waals surface area contributed by atoms with Crippen molar-refractivity contribution in [3.63, 3.8) is 0 Å². The predicted octanol–water partition coefficient (Wildman–Crippen LogP) is -0.0658. The van der Waals surface area contributed by atoms with E-state index in [9.17, 15) is 14.4 Å². The Balaban J connectivity index is 2.48. The molecular weight excluding hydrogens is 310 g/mol. The largest absolute Gasteiger partial charge is 0.385 e. The fraction of sp³-hybridized carbons (Fsp3) is 0.667. The smallest absolute Gasteiger partial charge is 0.343 e. The van der Waals surface area contributed by atoms with Gasteiger partial charge in [0.15, 0.2) is 5.16 Å². The number of H-pyrrole nitrogens is 1. The molecule has 0 fully saturated rings. The molecule has 9 nitrogen and oxygen atoms in total. The second kappa shape index (κ2) is 9.26. The van der Waals surface area contributed by atoms with Crippen molar-refractivity contribution in [3.05, 3.63) is 10.5 Å². The predicted molar refractivity (Wildman–Crippen MR) is 81.9 cm³/mol. The molecule has 0 radical (unpaired) electrons. The average molecular weight is 331 g/mol. The van der Waals surface area contributed by atoms with Gasteiger partial charge in [-0.25, -0.2) is 14.7 Å². The van der Waals surface area contributed by atoms with Crippen molar-refractivity contribution in [2.75, 3.05) is 19.5 Å². The molecule has 3 amide bonds. The first-order valence-corrected chi connectivity index (χ1v) is 7.80. The second-order valence-electron chi connectivity index (χ2n) is 4.77. The van der Waals surface area contributed by atoms with Gasteiger partial charge in [-0.2, -0.15) is 0 Å². The van der Waals surface area contributed by atoms with Crippen LogP contribution in [0.1, 0.15) is 20.3 Å². The molecule has 0 spiro atoms. The Morgan fingerprint density at radius 2 is 2.18 bits per heavy atom. The quantitative estimate of drug-likeness (QED) is 0.453. The van der Waals surface area contributed by atoms with Gasteiger partial charge in [0.25, 0.3) is 0 Å². The summed E-state index contributed by atoms with van der Waals surface area (Å²) >= 11 is 1.08. The summed E-state index contributed by atoms with van der Waals surface area (Å²) in [4.78, 5) is 34.6. The van der Waals surface area contributed by atoms with Crippen LogP contribution < -0.4 is 16.3 Å². The topological polar surface area (TPSA) is 118 Å². The molecule has 1 aromatic rings. The third-order valence-electron chi connectivity index (χ3n) is 2.46. The van der Waals surface area contributed by atoms with E-state index in [1.54, 1.807) is 21.0 Å². The van der Waals surface area contributed by atoms with E-state index in [2.05, 4.69) is 20.8 Å². The number of rotatable bonds is 8. The van der Waals surface area contributed by atoms with Crippen molar-refractivity contribution in [1.29, 1.82) is 0 Å². The molecule has 10 heteroatoms. The van der Waals surface area contributed by atoms with Crippen LogP contribution in [0.4, 0.5) is 4.79 Å². The highest BCUT2D eigenvalue weighted by molar-refractivity contribution is 7.99. The van der Waals surface area contributed by atoms with Crippen molar-refractivity contribution in [3.8, 4) is 0 Å². The Morgan fingerprint density at radius 1 is 1.45 bits per heavy atom. The number of thioether (sulfide) groups is 1. The summed E-state index contributed by atoms with van der Waals surface area (Å²) in [5.41, 5.74) is -0.337. The van der Waals surface area contributed by atoms with E-state index in [-0.39, 0.29) is 17.5 Å². The molecule has 0 unspecified atom stereocenters. The summed E-state index contributed by atoms with van der Waals surface area (Å²) in [6.45, 7) is 4.56. The SMILES string of the molecule is COCCCn1c(SCC(=O)NC(=O)NC(C)C)n[nH]c1=O. The zero-order valence-electron chi connectivity index (χ0n) is 12.8. The van der Waals surface area contributed by atoms with Crippen LogP contribution in [0.3, 0.4) is 0 Å². The highest BCUT2D eigenvalue weighted by Gasteiger charge is 2.13. The van der Waals surface area contributed by atoms with Gasteiger partial charge in [-0.15, -0.1) is 5.10 Å². The molecule has 0 bridgehead atoms. The zero-order chi connectivity index (χ0) is 16.5. The number of aromatic amines is 1. The third kappa shape index (κ3) is 6.31. The standard InChI is InChI=1S/C12H21N5O4S/c1-8(2)13-10(19)14-9(18)7-22-12-16-15-11(20)17(12)5-4-6-21-3/h8H,4-7H2,1-3H3,(H,15,20)(H2,13,14,18,19). The summed E-state index contributed by atoms with van der Waals surface area (Å²) in [7, 11) is 1.58. The summed E-state index contributed by atoms with van der Waals surface area (Å²) in [5.74, 6) is -0.470. The Morgan fingerprint density at radius 3 is 2.82 bits per heavy atom. The van der Waals surface area contributed by atoms with E-state index in [0.29, 0.717) is 24.7 Å². The van der Waals surface area contributed by atoms with Crippen LogP contribution in [0.5, 0.6) is 0 Å². The van der Waals surface area contributed by atoms with Crippen molar-refractivity contribution in [2.24, 2.45) is 0 Å². The molecule has 1 rings (SSSR count). The van der Waals surface area contributed by atoms with E-state index in [1.807, 2.05) is 0 Å². The molecule has 0 aromatic carbocycles. The molecule has 3 N–H and O–H groups in total. The maximum Gasteiger partial charge on any atom is 0.343 e. The number of nitrogens with one attached hydrogen (secondary N) is 3. The molecule has 1 heterocycles. The molecule has 1 aromatic heterocycles. The first-order chi connectivity index (χ1) is 10.4. The lowest BCUT2D eigenvalue weighted by molar-refractivity contribution is -0.117.